The Morgan fingerprint density at radius 1 is 1.55 bits per heavy atom. The Hall–Kier alpha value is -0.340. The van der Waals surface area contributed by atoms with Gasteiger partial charge in [-0.3, -0.25) is 0 Å². The lowest BCUT2D eigenvalue weighted by molar-refractivity contribution is -0.167. The van der Waals surface area contributed by atoms with Crippen molar-refractivity contribution in [1.82, 2.24) is 0 Å². The van der Waals surface area contributed by atoms with E-state index in [4.69, 9.17) is 9.47 Å². The van der Waals surface area contributed by atoms with Crippen molar-refractivity contribution in [2.24, 2.45) is 0 Å². The van der Waals surface area contributed by atoms with Crippen LogP contribution in [-0.4, -0.2) is 18.5 Å². The van der Waals surface area contributed by atoms with Gasteiger partial charge in [0, 0.05) is 0 Å². The van der Waals surface area contributed by atoms with Gasteiger partial charge in [0.05, 0.1) is 6.61 Å². The molecule has 0 saturated carbocycles. The summed E-state index contributed by atoms with van der Waals surface area (Å²) in [5, 5.41) is 0. The maximum absolute atomic E-state index is 5.66. The highest BCUT2D eigenvalue weighted by Crippen LogP contribution is 2.30. The minimum atomic E-state index is -0.321. The molecule has 1 aliphatic heterocycles. The number of hydrogen-bond donors (Lipinski definition) is 0. The fraction of sp³-hybridized carbons (Fsp3) is 0.778. The zero-order valence-corrected chi connectivity index (χ0v) is 7.30. The SMILES string of the molecule is C=C[C@H]1COC(CC)(CC)O1. The van der Waals surface area contributed by atoms with Gasteiger partial charge in [-0.2, -0.15) is 0 Å². The molecule has 2 heteroatoms. The molecule has 0 aromatic rings. The molecule has 1 aliphatic rings. The molecule has 1 fully saturated rings. The second-order valence-electron chi connectivity index (χ2n) is 2.82. The van der Waals surface area contributed by atoms with E-state index in [0.717, 1.165) is 12.8 Å². The molecule has 0 spiro atoms. The topological polar surface area (TPSA) is 18.5 Å². The molecule has 11 heavy (non-hydrogen) atoms. The van der Waals surface area contributed by atoms with Crippen molar-refractivity contribution >= 4 is 0 Å². The minimum Gasteiger partial charge on any atom is -0.347 e. The Balaban J connectivity index is 2.54. The largest absolute Gasteiger partial charge is 0.347 e. The average molecular weight is 156 g/mol. The molecule has 0 amide bonds. The summed E-state index contributed by atoms with van der Waals surface area (Å²) >= 11 is 0. The van der Waals surface area contributed by atoms with E-state index >= 15 is 0 Å². The van der Waals surface area contributed by atoms with Gasteiger partial charge in [-0.05, 0) is 12.8 Å². The first kappa shape index (κ1) is 8.75. The normalized spacial score (nSPS) is 28.7. The van der Waals surface area contributed by atoms with Crippen LogP contribution < -0.4 is 0 Å². The smallest absolute Gasteiger partial charge is 0.168 e. The zero-order chi connectivity index (χ0) is 8.32. The predicted molar refractivity (Wildman–Crippen MR) is 44.3 cm³/mol. The first-order valence-corrected chi connectivity index (χ1v) is 4.20. The average Bonchev–Trinajstić information content (AvgIpc) is 2.49. The quantitative estimate of drug-likeness (QED) is 0.582. The summed E-state index contributed by atoms with van der Waals surface area (Å²) in [6, 6.07) is 0. The van der Waals surface area contributed by atoms with Crippen LogP contribution in [0.1, 0.15) is 26.7 Å². The molecular formula is C9H16O2. The Bertz CT molecular complexity index is 138. The van der Waals surface area contributed by atoms with Crippen molar-refractivity contribution in [2.75, 3.05) is 6.61 Å². The summed E-state index contributed by atoms with van der Waals surface area (Å²) in [5.74, 6) is -0.321. The van der Waals surface area contributed by atoms with E-state index in [1.54, 1.807) is 6.08 Å². The summed E-state index contributed by atoms with van der Waals surface area (Å²) in [4.78, 5) is 0. The predicted octanol–water partition coefficient (Wildman–Crippen LogP) is 2.10. The van der Waals surface area contributed by atoms with Crippen molar-refractivity contribution in [3.63, 3.8) is 0 Å². The van der Waals surface area contributed by atoms with Gasteiger partial charge >= 0.3 is 0 Å². The molecule has 0 N–H and O–H groups in total. The summed E-state index contributed by atoms with van der Waals surface area (Å²) in [6.07, 6.45) is 3.71. The van der Waals surface area contributed by atoms with E-state index in [0.29, 0.717) is 6.61 Å². The maximum atomic E-state index is 5.66. The fourth-order valence-corrected chi connectivity index (χ4v) is 1.31. The number of rotatable bonds is 3. The highest BCUT2D eigenvalue weighted by Gasteiger charge is 2.36. The lowest BCUT2D eigenvalue weighted by Gasteiger charge is -2.24. The molecule has 0 aromatic heterocycles. The van der Waals surface area contributed by atoms with Crippen LogP contribution in [0.4, 0.5) is 0 Å². The third kappa shape index (κ3) is 1.63. The molecule has 1 saturated heterocycles. The standard InChI is InChI=1S/C9H16O2/c1-4-8-7-10-9(5-2,6-3)11-8/h4,8H,1,5-7H2,2-3H3/t8-/m0/s1. The first-order valence-electron chi connectivity index (χ1n) is 4.20. The second kappa shape index (κ2) is 3.37. The Morgan fingerprint density at radius 3 is 2.45 bits per heavy atom. The van der Waals surface area contributed by atoms with Gasteiger partial charge in [0.2, 0.25) is 0 Å². The van der Waals surface area contributed by atoms with E-state index in [1.165, 1.54) is 0 Å². The van der Waals surface area contributed by atoms with Gasteiger partial charge in [0.25, 0.3) is 0 Å². The third-order valence-electron chi connectivity index (χ3n) is 2.22. The van der Waals surface area contributed by atoms with Crippen LogP contribution in [0.25, 0.3) is 0 Å². The monoisotopic (exact) mass is 156 g/mol. The lowest BCUT2D eigenvalue weighted by atomic mass is 10.1. The van der Waals surface area contributed by atoms with Crippen molar-refractivity contribution in [3.05, 3.63) is 12.7 Å². The van der Waals surface area contributed by atoms with Gasteiger partial charge in [-0.25, -0.2) is 0 Å². The van der Waals surface area contributed by atoms with Crippen LogP contribution in [0.15, 0.2) is 12.7 Å². The van der Waals surface area contributed by atoms with E-state index in [-0.39, 0.29) is 11.9 Å². The minimum absolute atomic E-state index is 0.0925. The van der Waals surface area contributed by atoms with E-state index < -0.39 is 0 Å². The molecule has 1 rings (SSSR count). The van der Waals surface area contributed by atoms with Crippen LogP contribution in [0.2, 0.25) is 0 Å². The van der Waals surface area contributed by atoms with Crippen LogP contribution >= 0.6 is 0 Å². The number of hydrogen-bond acceptors (Lipinski definition) is 2. The van der Waals surface area contributed by atoms with Gasteiger partial charge in [-0.1, -0.05) is 19.9 Å². The molecule has 1 heterocycles. The Kier molecular flexibility index (Phi) is 2.68. The highest BCUT2D eigenvalue weighted by molar-refractivity contribution is 4.87. The van der Waals surface area contributed by atoms with Crippen LogP contribution in [0, 0.1) is 0 Å². The van der Waals surface area contributed by atoms with Gasteiger partial charge in [-0.15, -0.1) is 6.58 Å². The summed E-state index contributed by atoms with van der Waals surface area (Å²) in [6.45, 7) is 8.49. The van der Waals surface area contributed by atoms with Crippen molar-refractivity contribution in [1.29, 1.82) is 0 Å². The van der Waals surface area contributed by atoms with E-state index in [9.17, 15) is 0 Å². The molecule has 1 atom stereocenters. The zero-order valence-electron chi connectivity index (χ0n) is 7.30. The number of ether oxygens (including phenoxy) is 2. The third-order valence-corrected chi connectivity index (χ3v) is 2.22. The fourth-order valence-electron chi connectivity index (χ4n) is 1.31. The summed E-state index contributed by atoms with van der Waals surface area (Å²) < 4.78 is 11.2. The summed E-state index contributed by atoms with van der Waals surface area (Å²) in [7, 11) is 0. The lowest BCUT2D eigenvalue weighted by Crippen LogP contribution is -2.28. The maximum Gasteiger partial charge on any atom is 0.168 e. The van der Waals surface area contributed by atoms with Crippen molar-refractivity contribution in [3.8, 4) is 0 Å². The van der Waals surface area contributed by atoms with Gasteiger partial charge < -0.3 is 9.47 Å². The Morgan fingerprint density at radius 2 is 2.18 bits per heavy atom. The molecule has 0 bridgehead atoms. The first-order chi connectivity index (χ1) is 5.26. The van der Waals surface area contributed by atoms with E-state index in [2.05, 4.69) is 20.4 Å². The molecule has 0 aromatic carbocycles. The molecule has 0 unspecified atom stereocenters. The molecule has 2 nitrogen and oxygen atoms in total. The van der Waals surface area contributed by atoms with Gasteiger partial charge in [0.15, 0.2) is 5.79 Å². The summed E-state index contributed by atoms with van der Waals surface area (Å²) in [5.41, 5.74) is 0. The molecule has 0 aliphatic carbocycles. The van der Waals surface area contributed by atoms with E-state index in [1.807, 2.05) is 0 Å². The van der Waals surface area contributed by atoms with Gasteiger partial charge in [0.1, 0.15) is 6.10 Å². The van der Waals surface area contributed by atoms with Crippen LogP contribution in [0.3, 0.4) is 0 Å². The molecule has 0 radical (unpaired) electrons. The molecular weight excluding hydrogens is 140 g/mol. The second-order valence-corrected chi connectivity index (χ2v) is 2.82. The van der Waals surface area contributed by atoms with Crippen LogP contribution in [0.5, 0.6) is 0 Å². The van der Waals surface area contributed by atoms with Crippen molar-refractivity contribution in [2.45, 2.75) is 38.6 Å². The molecule has 64 valence electrons. The Labute approximate surface area is 68.2 Å². The van der Waals surface area contributed by atoms with Crippen LogP contribution in [-0.2, 0) is 9.47 Å². The van der Waals surface area contributed by atoms with Crippen molar-refractivity contribution < 1.29 is 9.47 Å². The highest BCUT2D eigenvalue weighted by atomic mass is 16.7.